The maximum Gasteiger partial charge on any atom is 0.292 e. The number of benzene rings is 3. The molecule has 0 saturated carbocycles. The van der Waals surface area contributed by atoms with E-state index in [2.05, 4.69) is 33.5 Å². The van der Waals surface area contributed by atoms with E-state index in [1.54, 1.807) is 4.68 Å². The zero-order valence-corrected chi connectivity index (χ0v) is 13.8. The molecule has 0 spiro atoms. The monoisotopic (exact) mass is 338 g/mol. The minimum absolute atomic E-state index is 0.293. The molecule has 5 nitrogen and oxygen atoms in total. The van der Waals surface area contributed by atoms with Gasteiger partial charge in [0.1, 0.15) is 5.69 Å². The first-order valence-electron chi connectivity index (χ1n) is 8.33. The minimum atomic E-state index is -0.293. The van der Waals surface area contributed by atoms with E-state index in [1.165, 1.54) is 0 Å². The molecule has 0 bridgehead atoms. The summed E-state index contributed by atoms with van der Waals surface area (Å²) in [6.07, 6.45) is 1.87. The van der Waals surface area contributed by atoms with Crippen molar-refractivity contribution >= 4 is 21.7 Å². The van der Waals surface area contributed by atoms with Crippen LogP contribution in [0.5, 0.6) is 0 Å². The summed E-state index contributed by atoms with van der Waals surface area (Å²) in [7, 11) is 0. The van der Waals surface area contributed by atoms with Crippen LogP contribution in [0.15, 0.2) is 83.8 Å². The van der Waals surface area contributed by atoms with E-state index in [1.807, 2.05) is 60.8 Å². The Kier molecular flexibility index (Phi) is 3.18. The number of hydrogen-bond acceptors (Lipinski definition) is 3. The second-order valence-electron chi connectivity index (χ2n) is 6.10. The molecule has 3 aromatic carbocycles. The lowest BCUT2D eigenvalue weighted by molar-refractivity contribution is 0.891. The molecule has 1 N–H and O–H groups in total. The number of H-pyrrole nitrogens is 1. The van der Waals surface area contributed by atoms with Crippen LogP contribution in [0.25, 0.3) is 38.6 Å². The summed E-state index contributed by atoms with van der Waals surface area (Å²) in [6.45, 7) is 0. The second-order valence-corrected chi connectivity index (χ2v) is 6.10. The third-order valence-electron chi connectivity index (χ3n) is 4.52. The van der Waals surface area contributed by atoms with Crippen LogP contribution in [0, 0.1) is 0 Å². The molecular weight excluding hydrogens is 324 g/mol. The summed E-state index contributed by atoms with van der Waals surface area (Å²) in [4.78, 5) is 12.3. The van der Waals surface area contributed by atoms with E-state index >= 15 is 0 Å². The van der Waals surface area contributed by atoms with Crippen LogP contribution in [-0.4, -0.2) is 20.0 Å². The molecule has 0 aliphatic carbocycles. The SMILES string of the molecule is O=c1[nH]nc(-c2cccc3ccccc23)c2cn(-c3ccccc3)nc12. The van der Waals surface area contributed by atoms with Crippen LogP contribution in [0.3, 0.4) is 0 Å². The van der Waals surface area contributed by atoms with Crippen molar-refractivity contribution in [2.75, 3.05) is 0 Å². The Morgan fingerprint density at radius 3 is 2.46 bits per heavy atom. The number of nitrogens with one attached hydrogen (secondary N) is 1. The summed E-state index contributed by atoms with van der Waals surface area (Å²) in [6, 6.07) is 23.9. The van der Waals surface area contributed by atoms with Crippen LogP contribution in [0.2, 0.25) is 0 Å². The van der Waals surface area contributed by atoms with Crippen molar-refractivity contribution in [3.05, 3.63) is 89.3 Å². The molecule has 0 unspecified atom stereocenters. The molecule has 0 atom stereocenters. The molecule has 0 aliphatic heterocycles. The molecule has 2 heterocycles. The van der Waals surface area contributed by atoms with Gasteiger partial charge >= 0.3 is 0 Å². The number of fused-ring (bicyclic) bond motifs is 2. The predicted molar refractivity (Wildman–Crippen MR) is 102 cm³/mol. The van der Waals surface area contributed by atoms with Crippen LogP contribution in [-0.2, 0) is 0 Å². The van der Waals surface area contributed by atoms with Gasteiger partial charge in [0.15, 0.2) is 5.52 Å². The standard InChI is InChI=1S/C21H14N4O/c26-21-20-18(13-25(24-20)15-9-2-1-3-10-15)19(22-23-21)17-12-6-8-14-7-4-5-11-16(14)17/h1-13H,(H,23,26). The number of aromatic amines is 1. The van der Waals surface area contributed by atoms with Gasteiger partial charge in [-0.2, -0.15) is 10.2 Å². The molecule has 5 heteroatoms. The van der Waals surface area contributed by atoms with Gasteiger partial charge < -0.3 is 0 Å². The van der Waals surface area contributed by atoms with Gasteiger partial charge in [0, 0.05) is 11.8 Å². The van der Waals surface area contributed by atoms with Gasteiger partial charge in [-0.25, -0.2) is 9.78 Å². The highest BCUT2D eigenvalue weighted by Crippen LogP contribution is 2.30. The fraction of sp³-hybridized carbons (Fsp3) is 0. The number of hydrogen-bond donors (Lipinski definition) is 1. The molecule has 26 heavy (non-hydrogen) atoms. The molecule has 5 rings (SSSR count). The van der Waals surface area contributed by atoms with Crippen molar-refractivity contribution in [2.24, 2.45) is 0 Å². The van der Waals surface area contributed by atoms with Crippen LogP contribution in [0.1, 0.15) is 0 Å². The Balaban J connectivity index is 1.83. The van der Waals surface area contributed by atoms with E-state index in [0.29, 0.717) is 5.52 Å². The normalized spacial score (nSPS) is 11.2. The number of para-hydroxylation sites is 1. The quantitative estimate of drug-likeness (QED) is 0.530. The van der Waals surface area contributed by atoms with E-state index in [4.69, 9.17) is 0 Å². The van der Waals surface area contributed by atoms with Crippen molar-refractivity contribution in [1.29, 1.82) is 0 Å². The van der Waals surface area contributed by atoms with Crippen molar-refractivity contribution in [1.82, 2.24) is 20.0 Å². The maximum absolute atomic E-state index is 12.3. The van der Waals surface area contributed by atoms with Gasteiger partial charge in [0.05, 0.1) is 11.1 Å². The predicted octanol–water partition coefficient (Wildman–Crippen LogP) is 3.93. The van der Waals surface area contributed by atoms with E-state index in [9.17, 15) is 4.79 Å². The third kappa shape index (κ3) is 2.22. The minimum Gasteiger partial charge on any atom is -0.265 e. The Morgan fingerprint density at radius 1 is 0.808 bits per heavy atom. The molecule has 5 aromatic rings. The molecule has 0 saturated heterocycles. The Hall–Kier alpha value is -3.73. The highest BCUT2D eigenvalue weighted by Gasteiger charge is 2.15. The van der Waals surface area contributed by atoms with Gasteiger partial charge in [-0.3, -0.25) is 4.79 Å². The average Bonchev–Trinajstić information content (AvgIpc) is 3.15. The summed E-state index contributed by atoms with van der Waals surface area (Å²) in [5.41, 5.74) is 2.67. The molecule has 0 amide bonds. The number of aromatic nitrogens is 4. The zero-order chi connectivity index (χ0) is 17.5. The average molecular weight is 338 g/mol. The number of rotatable bonds is 2. The summed E-state index contributed by atoms with van der Waals surface area (Å²) in [5, 5.41) is 14.4. The Labute approximate surface area is 148 Å². The second kappa shape index (κ2) is 5.67. The molecule has 124 valence electrons. The Bertz CT molecular complexity index is 1300. The fourth-order valence-corrected chi connectivity index (χ4v) is 3.28. The lowest BCUT2D eigenvalue weighted by Gasteiger charge is -2.06. The summed E-state index contributed by atoms with van der Waals surface area (Å²) >= 11 is 0. The fourth-order valence-electron chi connectivity index (χ4n) is 3.28. The first-order chi connectivity index (χ1) is 12.8. The lowest BCUT2D eigenvalue weighted by Crippen LogP contribution is -2.09. The third-order valence-corrected chi connectivity index (χ3v) is 4.52. The van der Waals surface area contributed by atoms with Crippen molar-refractivity contribution in [3.8, 4) is 16.9 Å². The van der Waals surface area contributed by atoms with Crippen molar-refractivity contribution in [2.45, 2.75) is 0 Å². The molecule has 0 fully saturated rings. The highest BCUT2D eigenvalue weighted by molar-refractivity contribution is 6.02. The Morgan fingerprint density at radius 2 is 1.58 bits per heavy atom. The van der Waals surface area contributed by atoms with Gasteiger partial charge in [-0.15, -0.1) is 0 Å². The zero-order valence-electron chi connectivity index (χ0n) is 13.8. The topological polar surface area (TPSA) is 63.6 Å². The van der Waals surface area contributed by atoms with Crippen LogP contribution >= 0.6 is 0 Å². The summed E-state index contributed by atoms with van der Waals surface area (Å²) < 4.78 is 1.72. The molecular formula is C21H14N4O. The first-order valence-corrected chi connectivity index (χ1v) is 8.33. The lowest BCUT2D eigenvalue weighted by atomic mass is 10.0. The molecule has 0 radical (unpaired) electrons. The van der Waals surface area contributed by atoms with Crippen LogP contribution in [0.4, 0.5) is 0 Å². The van der Waals surface area contributed by atoms with Gasteiger partial charge in [-0.1, -0.05) is 60.7 Å². The first kappa shape index (κ1) is 14.6. The highest BCUT2D eigenvalue weighted by atomic mass is 16.1. The van der Waals surface area contributed by atoms with E-state index in [0.717, 1.165) is 33.1 Å². The van der Waals surface area contributed by atoms with Crippen molar-refractivity contribution in [3.63, 3.8) is 0 Å². The van der Waals surface area contributed by atoms with Gasteiger partial charge in [0.25, 0.3) is 5.56 Å². The van der Waals surface area contributed by atoms with Crippen molar-refractivity contribution < 1.29 is 0 Å². The van der Waals surface area contributed by atoms with E-state index in [-0.39, 0.29) is 5.56 Å². The number of nitrogens with zero attached hydrogens (tertiary/aromatic N) is 3. The smallest absolute Gasteiger partial charge is 0.265 e. The maximum atomic E-state index is 12.3. The largest absolute Gasteiger partial charge is 0.292 e. The molecule has 2 aromatic heterocycles. The van der Waals surface area contributed by atoms with Gasteiger partial charge in [-0.05, 0) is 22.9 Å². The van der Waals surface area contributed by atoms with E-state index < -0.39 is 0 Å². The van der Waals surface area contributed by atoms with Crippen LogP contribution < -0.4 is 5.56 Å². The van der Waals surface area contributed by atoms with Gasteiger partial charge in [0.2, 0.25) is 0 Å². The molecule has 0 aliphatic rings. The summed E-state index contributed by atoms with van der Waals surface area (Å²) in [5.74, 6) is 0.